The molecule has 0 bridgehead atoms. The molecule has 180 valence electrons. The first kappa shape index (κ1) is 23.0. The molecule has 2 aliphatic rings. The number of benzene rings is 2. The van der Waals surface area contributed by atoms with Gasteiger partial charge in [0.25, 0.3) is 11.8 Å². The van der Waals surface area contributed by atoms with Crippen molar-refractivity contribution in [1.82, 2.24) is 4.90 Å². The van der Waals surface area contributed by atoms with Crippen LogP contribution in [0, 0.1) is 5.92 Å². The van der Waals surface area contributed by atoms with E-state index in [2.05, 4.69) is 0 Å². The molecule has 7 nitrogen and oxygen atoms in total. The summed E-state index contributed by atoms with van der Waals surface area (Å²) in [7, 11) is 0. The number of hydrogen-bond acceptors (Lipinski definition) is 5. The second-order valence-electron chi connectivity index (χ2n) is 9.39. The molecule has 1 unspecified atom stereocenters. The second-order valence-corrected chi connectivity index (χ2v) is 9.39. The van der Waals surface area contributed by atoms with E-state index in [1.165, 1.54) is 10.5 Å². The fourth-order valence-electron chi connectivity index (χ4n) is 5.21. The molecule has 1 aromatic heterocycles. The standard InChI is InChI=1S/C28H27NO6/c30-23(17-12-13-20-19-10-6-11-24(19)35-25(20)16-17)15-18(28(33)34)7-2-1-5-14-29-26(31)21-8-3-4-9-22(21)27(29)32/h3-4,8-9,12-13,16,18H,1-2,5-7,10-11,14-15H2,(H,33,34). The zero-order valence-corrected chi connectivity index (χ0v) is 19.4. The van der Waals surface area contributed by atoms with Crippen LogP contribution < -0.4 is 0 Å². The zero-order valence-electron chi connectivity index (χ0n) is 19.4. The molecule has 0 spiro atoms. The highest BCUT2D eigenvalue weighted by atomic mass is 16.4. The van der Waals surface area contributed by atoms with Crippen LogP contribution in [0.25, 0.3) is 11.0 Å². The van der Waals surface area contributed by atoms with Crippen molar-refractivity contribution in [2.75, 3.05) is 6.54 Å². The number of aliphatic carboxylic acids is 1. The van der Waals surface area contributed by atoms with Gasteiger partial charge in [-0.3, -0.25) is 24.1 Å². The van der Waals surface area contributed by atoms with Crippen molar-refractivity contribution in [1.29, 1.82) is 0 Å². The molecule has 1 aliphatic carbocycles. The van der Waals surface area contributed by atoms with Crippen LogP contribution in [0.3, 0.4) is 0 Å². The molecule has 1 atom stereocenters. The summed E-state index contributed by atoms with van der Waals surface area (Å²) in [5.41, 5.74) is 3.25. The number of unbranched alkanes of at least 4 members (excludes halogenated alkanes) is 2. The summed E-state index contributed by atoms with van der Waals surface area (Å²) in [6.45, 7) is 0.302. The zero-order chi connectivity index (χ0) is 24.5. The lowest BCUT2D eigenvalue weighted by molar-refractivity contribution is -0.141. The third-order valence-electron chi connectivity index (χ3n) is 7.12. The van der Waals surface area contributed by atoms with Crippen molar-refractivity contribution in [2.24, 2.45) is 5.92 Å². The Kier molecular flexibility index (Phi) is 6.24. The fraction of sp³-hybridized carbons (Fsp3) is 0.357. The Morgan fingerprint density at radius 2 is 1.71 bits per heavy atom. The van der Waals surface area contributed by atoms with E-state index in [1.807, 2.05) is 6.07 Å². The molecule has 35 heavy (non-hydrogen) atoms. The number of imide groups is 1. The molecule has 3 aromatic rings. The molecule has 1 aliphatic heterocycles. The molecule has 7 heteroatoms. The van der Waals surface area contributed by atoms with E-state index in [0.717, 1.165) is 30.4 Å². The van der Waals surface area contributed by atoms with Crippen LogP contribution in [0.4, 0.5) is 0 Å². The second kappa shape index (κ2) is 9.49. The van der Waals surface area contributed by atoms with Crippen molar-refractivity contribution in [2.45, 2.75) is 51.4 Å². The Balaban J connectivity index is 1.12. The first-order valence-electron chi connectivity index (χ1n) is 12.2. The van der Waals surface area contributed by atoms with Gasteiger partial charge in [-0.2, -0.15) is 0 Å². The minimum atomic E-state index is -0.989. The maximum absolute atomic E-state index is 12.8. The monoisotopic (exact) mass is 473 g/mol. The highest BCUT2D eigenvalue weighted by molar-refractivity contribution is 6.21. The van der Waals surface area contributed by atoms with E-state index in [-0.39, 0.29) is 24.0 Å². The summed E-state index contributed by atoms with van der Waals surface area (Å²) in [5.74, 6) is -1.54. The number of rotatable bonds is 10. The maximum atomic E-state index is 12.8. The Morgan fingerprint density at radius 3 is 2.43 bits per heavy atom. The summed E-state index contributed by atoms with van der Waals surface area (Å²) >= 11 is 0. The number of hydrogen-bond donors (Lipinski definition) is 1. The van der Waals surface area contributed by atoms with Crippen molar-refractivity contribution < 1.29 is 28.7 Å². The number of carboxylic acids is 1. The highest BCUT2D eigenvalue weighted by Gasteiger charge is 2.34. The molecular weight excluding hydrogens is 446 g/mol. The smallest absolute Gasteiger partial charge is 0.306 e. The van der Waals surface area contributed by atoms with Gasteiger partial charge < -0.3 is 9.52 Å². The third kappa shape index (κ3) is 4.38. The molecular formula is C28H27NO6. The number of carbonyl (C=O) groups is 4. The SMILES string of the molecule is O=C(CC(CCCCCN1C(=O)c2ccccc2C1=O)C(=O)O)c1ccc2c3c(oc2c1)CCC3. The van der Waals surface area contributed by atoms with E-state index in [0.29, 0.717) is 54.5 Å². The Hall–Kier alpha value is -3.74. The quantitative estimate of drug-likeness (QED) is 0.251. The molecule has 2 amide bonds. The Morgan fingerprint density at radius 1 is 0.971 bits per heavy atom. The summed E-state index contributed by atoms with van der Waals surface area (Å²) in [6.07, 6.45) is 5.13. The molecule has 1 N–H and O–H groups in total. The lowest BCUT2D eigenvalue weighted by Crippen LogP contribution is -2.30. The largest absolute Gasteiger partial charge is 0.481 e. The minimum Gasteiger partial charge on any atom is -0.481 e. The fourth-order valence-corrected chi connectivity index (χ4v) is 5.21. The third-order valence-corrected chi connectivity index (χ3v) is 7.12. The van der Waals surface area contributed by atoms with Gasteiger partial charge in [-0.1, -0.05) is 37.1 Å². The van der Waals surface area contributed by atoms with Crippen molar-refractivity contribution in [3.05, 3.63) is 70.5 Å². The molecule has 0 radical (unpaired) electrons. The van der Waals surface area contributed by atoms with Crippen LogP contribution in [0.15, 0.2) is 46.9 Å². The van der Waals surface area contributed by atoms with Gasteiger partial charge in [0.05, 0.1) is 17.0 Å². The van der Waals surface area contributed by atoms with Gasteiger partial charge in [-0.05, 0) is 43.9 Å². The summed E-state index contributed by atoms with van der Waals surface area (Å²) in [4.78, 5) is 50.7. The molecule has 2 aromatic carbocycles. The van der Waals surface area contributed by atoms with Crippen molar-refractivity contribution >= 4 is 34.5 Å². The van der Waals surface area contributed by atoms with E-state index in [1.54, 1.807) is 36.4 Å². The molecule has 0 saturated carbocycles. The lowest BCUT2D eigenvalue weighted by Gasteiger charge is -2.14. The first-order valence-corrected chi connectivity index (χ1v) is 12.2. The molecule has 2 heterocycles. The number of furan rings is 1. The van der Waals surface area contributed by atoms with Crippen LogP contribution in [0.1, 0.15) is 80.9 Å². The Labute approximate surface area is 202 Å². The minimum absolute atomic E-state index is 0.0698. The normalized spacial score (nSPS) is 15.5. The van der Waals surface area contributed by atoms with Crippen LogP contribution in [0.2, 0.25) is 0 Å². The lowest BCUT2D eigenvalue weighted by atomic mass is 9.93. The van der Waals surface area contributed by atoms with Crippen LogP contribution in [0.5, 0.6) is 0 Å². The van der Waals surface area contributed by atoms with Gasteiger partial charge >= 0.3 is 5.97 Å². The average molecular weight is 474 g/mol. The number of aryl methyl sites for hydroxylation is 2. The summed E-state index contributed by atoms with van der Waals surface area (Å²) in [5, 5.41) is 10.7. The predicted octanol–water partition coefficient (Wildman–Crippen LogP) is 5.05. The molecule has 5 rings (SSSR count). The number of ketones is 1. The predicted molar refractivity (Wildman–Crippen MR) is 129 cm³/mol. The Bertz CT molecular complexity index is 1300. The summed E-state index contributed by atoms with van der Waals surface area (Å²) < 4.78 is 5.90. The average Bonchev–Trinajstić information content (AvgIpc) is 3.51. The van der Waals surface area contributed by atoms with Gasteiger partial charge in [0.15, 0.2) is 5.78 Å². The summed E-state index contributed by atoms with van der Waals surface area (Å²) in [6, 6.07) is 12.2. The number of carbonyl (C=O) groups excluding carboxylic acids is 3. The van der Waals surface area contributed by atoms with Crippen LogP contribution >= 0.6 is 0 Å². The first-order chi connectivity index (χ1) is 16.9. The van der Waals surface area contributed by atoms with Gasteiger partial charge in [0.1, 0.15) is 11.3 Å². The highest BCUT2D eigenvalue weighted by Crippen LogP contribution is 2.33. The van der Waals surface area contributed by atoms with E-state index < -0.39 is 11.9 Å². The van der Waals surface area contributed by atoms with Gasteiger partial charge in [0, 0.05) is 35.9 Å². The van der Waals surface area contributed by atoms with Crippen LogP contribution in [-0.4, -0.2) is 40.1 Å². The van der Waals surface area contributed by atoms with Gasteiger partial charge in [-0.25, -0.2) is 0 Å². The number of carboxylic acid groups (broad SMARTS) is 1. The number of amides is 2. The van der Waals surface area contributed by atoms with Crippen molar-refractivity contribution in [3.8, 4) is 0 Å². The van der Waals surface area contributed by atoms with Crippen molar-refractivity contribution in [3.63, 3.8) is 0 Å². The van der Waals surface area contributed by atoms with Gasteiger partial charge in [-0.15, -0.1) is 0 Å². The van der Waals surface area contributed by atoms with E-state index in [4.69, 9.17) is 4.42 Å². The van der Waals surface area contributed by atoms with E-state index in [9.17, 15) is 24.3 Å². The number of Topliss-reactive ketones (excluding diaryl/α,β-unsaturated/α-hetero) is 1. The van der Waals surface area contributed by atoms with Gasteiger partial charge in [0.2, 0.25) is 0 Å². The molecule has 0 saturated heterocycles. The number of fused-ring (bicyclic) bond motifs is 4. The van der Waals surface area contributed by atoms with E-state index >= 15 is 0 Å². The number of nitrogens with zero attached hydrogens (tertiary/aromatic N) is 1. The molecule has 0 fully saturated rings. The maximum Gasteiger partial charge on any atom is 0.306 e. The topological polar surface area (TPSA) is 105 Å². The van der Waals surface area contributed by atoms with Crippen LogP contribution in [-0.2, 0) is 17.6 Å².